The summed E-state index contributed by atoms with van der Waals surface area (Å²) in [6.07, 6.45) is 0. The lowest BCUT2D eigenvalue weighted by atomic mass is 10.2. The summed E-state index contributed by atoms with van der Waals surface area (Å²) < 4.78 is 32.7. The Labute approximate surface area is 175 Å². The van der Waals surface area contributed by atoms with E-state index in [-0.39, 0.29) is 10.8 Å². The number of rotatable bonds is 5. The maximum Gasteiger partial charge on any atom is 0.265 e. The Morgan fingerprint density at radius 3 is 2.34 bits per heavy atom. The van der Waals surface area contributed by atoms with Crippen molar-refractivity contribution < 1.29 is 17.9 Å². The highest BCUT2D eigenvalue weighted by Gasteiger charge is 2.33. The maximum absolute atomic E-state index is 13.1. The number of sulfonamides is 1. The fraction of sp³-hybridized carbons (Fsp3) is 0.450. The van der Waals surface area contributed by atoms with Gasteiger partial charge in [0.25, 0.3) is 5.91 Å². The predicted octanol–water partition coefficient (Wildman–Crippen LogP) is 1.73. The van der Waals surface area contributed by atoms with Crippen LogP contribution < -0.4 is 0 Å². The average molecular weight is 436 g/mol. The minimum absolute atomic E-state index is 0.126. The van der Waals surface area contributed by atoms with Gasteiger partial charge in [0.2, 0.25) is 10.0 Å². The average Bonchev–Trinajstić information content (AvgIpc) is 3.26. The lowest BCUT2D eigenvalue weighted by Crippen LogP contribution is -2.48. The number of hydrogen-bond acceptors (Lipinski definition) is 6. The number of ether oxygens (including phenoxy) is 1. The number of thiophene rings is 1. The van der Waals surface area contributed by atoms with Gasteiger partial charge in [0.1, 0.15) is 9.77 Å². The summed E-state index contributed by atoms with van der Waals surface area (Å²) in [7, 11) is -3.68. The van der Waals surface area contributed by atoms with Gasteiger partial charge in [0, 0.05) is 45.8 Å². The number of amides is 1. The SMILES string of the molecule is O=C(c1sccc1S(=O)(=O)N1CCOCC1)N1CCN(Cc2ccccc2)CC1. The van der Waals surface area contributed by atoms with Crippen LogP contribution in [0.25, 0.3) is 0 Å². The van der Waals surface area contributed by atoms with E-state index in [2.05, 4.69) is 17.0 Å². The largest absolute Gasteiger partial charge is 0.379 e. The van der Waals surface area contributed by atoms with Gasteiger partial charge in [-0.25, -0.2) is 8.42 Å². The van der Waals surface area contributed by atoms with Crippen molar-refractivity contribution >= 4 is 27.3 Å². The molecule has 2 saturated heterocycles. The minimum atomic E-state index is -3.68. The molecule has 2 aliphatic rings. The van der Waals surface area contributed by atoms with Crippen LogP contribution in [0.1, 0.15) is 15.2 Å². The second-order valence-corrected chi connectivity index (χ2v) is 10.0. The molecule has 2 aromatic rings. The molecule has 29 heavy (non-hydrogen) atoms. The Bertz CT molecular complexity index is 932. The Balaban J connectivity index is 1.42. The molecular formula is C20H25N3O4S2. The van der Waals surface area contributed by atoms with E-state index in [0.29, 0.717) is 44.3 Å². The van der Waals surface area contributed by atoms with Crippen LogP contribution in [0, 0.1) is 0 Å². The Morgan fingerprint density at radius 2 is 1.66 bits per heavy atom. The summed E-state index contributed by atoms with van der Waals surface area (Å²) in [5.74, 6) is -0.189. The van der Waals surface area contributed by atoms with Crippen LogP contribution in [-0.4, -0.2) is 80.9 Å². The molecule has 0 radical (unpaired) electrons. The van der Waals surface area contributed by atoms with Crippen LogP contribution in [0.4, 0.5) is 0 Å². The summed E-state index contributed by atoms with van der Waals surface area (Å²) in [5.41, 5.74) is 1.25. The zero-order valence-corrected chi connectivity index (χ0v) is 17.8. The number of hydrogen-bond donors (Lipinski definition) is 0. The molecule has 2 fully saturated rings. The number of piperazine rings is 1. The first-order valence-electron chi connectivity index (χ1n) is 9.76. The molecule has 2 aliphatic heterocycles. The van der Waals surface area contributed by atoms with E-state index >= 15 is 0 Å². The van der Waals surface area contributed by atoms with E-state index in [1.54, 1.807) is 16.3 Å². The highest BCUT2D eigenvalue weighted by atomic mass is 32.2. The maximum atomic E-state index is 13.1. The molecule has 0 aliphatic carbocycles. The van der Waals surface area contributed by atoms with Crippen LogP contribution in [0.5, 0.6) is 0 Å². The molecule has 0 atom stereocenters. The van der Waals surface area contributed by atoms with Crippen LogP contribution in [-0.2, 0) is 21.3 Å². The van der Waals surface area contributed by atoms with Gasteiger partial charge in [-0.05, 0) is 17.0 Å². The van der Waals surface area contributed by atoms with Crippen molar-refractivity contribution in [1.82, 2.24) is 14.1 Å². The van der Waals surface area contributed by atoms with Crippen molar-refractivity contribution in [2.24, 2.45) is 0 Å². The fourth-order valence-electron chi connectivity index (χ4n) is 3.68. The molecule has 1 aromatic carbocycles. The highest BCUT2D eigenvalue weighted by Crippen LogP contribution is 2.27. The standard InChI is InChI=1S/C20H25N3O4S2/c24-20(22-9-7-21(8-10-22)16-17-4-2-1-3-5-17)19-18(6-15-28-19)29(25,26)23-11-13-27-14-12-23/h1-6,15H,7-14,16H2. The van der Waals surface area contributed by atoms with Crippen molar-refractivity contribution in [3.05, 3.63) is 52.2 Å². The Morgan fingerprint density at radius 1 is 0.966 bits per heavy atom. The van der Waals surface area contributed by atoms with Gasteiger partial charge in [-0.2, -0.15) is 4.31 Å². The summed E-state index contributed by atoms with van der Waals surface area (Å²) >= 11 is 1.20. The second-order valence-electron chi connectivity index (χ2n) is 7.18. The number of morpholine rings is 1. The first-order valence-corrected chi connectivity index (χ1v) is 12.1. The zero-order valence-electron chi connectivity index (χ0n) is 16.2. The molecule has 0 bridgehead atoms. The quantitative estimate of drug-likeness (QED) is 0.715. The van der Waals surface area contributed by atoms with E-state index in [0.717, 1.165) is 19.6 Å². The van der Waals surface area contributed by atoms with E-state index in [1.807, 2.05) is 18.2 Å². The third-order valence-electron chi connectivity index (χ3n) is 5.32. The van der Waals surface area contributed by atoms with Crippen molar-refractivity contribution in [3.8, 4) is 0 Å². The molecule has 1 aromatic heterocycles. The normalized spacial score (nSPS) is 19.4. The van der Waals surface area contributed by atoms with Gasteiger partial charge in [0.05, 0.1) is 13.2 Å². The molecule has 1 amide bonds. The lowest BCUT2D eigenvalue weighted by molar-refractivity contribution is 0.0628. The van der Waals surface area contributed by atoms with Crippen LogP contribution in [0.15, 0.2) is 46.7 Å². The van der Waals surface area contributed by atoms with E-state index < -0.39 is 10.0 Å². The second kappa shape index (κ2) is 8.93. The molecule has 7 nitrogen and oxygen atoms in total. The zero-order chi connectivity index (χ0) is 20.3. The molecule has 0 unspecified atom stereocenters. The predicted molar refractivity (Wildman–Crippen MR) is 112 cm³/mol. The number of carbonyl (C=O) groups is 1. The van der Waals surface area contributed by atoms with Gasteiger partial charge in [0.15, 0.2) is 0 Å². The van der Waals surface area contributed by atoms with Gasteiger partial charge in [-0.15, -0.1) is 11.3 Å². The molecule has 4 rings (SSSR count). The van der Waals surface area contributed by atoms with Gasteiger partial charge < -0.3 is 9.64 Å². The Kier molecular flexibility index (Phi) is 6.31. The topological polar surface area (TPSA) is 70.2 Å². The van der Waals surface area contributed by atoms with Crippen molar-refractivity contribution in [3.63, 3.8) is 0 Å². The van der Waals surface area contributed by atoms with Gasteiger partial charge in [-0.1, -0.05) is 30.3 Å². The molecular weight excluding hydrogens is 410 g/mol. The molecule has 3 heterocycles. The molecule has 0 saturated carbocycles. The van der Waals surface area contributed by atoms with E-state index in [1.165, 1.54) is 21.2 Å². The smallest absolute Gasteiger partial charge is 0.265 e. The van der Waals surface area contributed by atoms with Crippen LogP contribution >= 0.6 is 11.3 Å². The fourth-order valence-corrected chi connectivity index (χ4v) is 6.45. The summed E-state index contributed by atoms with van der Waals surface area (Å²) in [5, 5.41) is 1.69. The van der Waals surface area contributed by atoms with E-state index in [4.69, 9.17) is 4.74 Å². The summed E-state index contributed by atoms with van der Waals surface area (Å²) in [4.78, 5) is 17.6. The third kappa shape index (κ3) is 4.54. The van der Waals surface area contributed by atoms with Crippen molar-refractivity contribution in [1.29, 1.82) is 0 Å². The third-order valence-corrected chi connectivity index (χ3v) is 8.29. The first kappa shape index (κ1) is 20.5. The van der Waals surface area contributed by atoms with E-state index in [9.17, 15) is 13.2 Å². The molecule has 9 heteroatoms. The number of benzene rings is 1. The molecule has 0 spiro atoms. The Hall–Kier alpha value is -1.78. The minimum Gasteiger partial charge on any atom is -0.379 e. The van der Waals surface area contributed by atoms with Crippen LogP contribution in [0.3, 0.4) is 0 Å². The van der Waals surface area contributed by atoms with Crippen LogP contribution in [0.2, 0.25) is 0 Å². The monoisotopic (exact) mass is 435 g/mol. The summed E-state index contributed by atoms with van der Waals surface area (Å²) in [6.45, 7) is 5.02. The molecule has 156 valence electrons. The van der Waals surface area contributed by atoms with Gasteiger partial charge in [-0.3, -0.25) is 9.69 Å². The number of carbonyl (C=O) groups excluding carboxylic acids is 1. The lowest BCUT2D eigenvalue weighted by Gasteiger charge is -2.34. The van der Waals surface area contributed by atoms with Crippen molar-refractivity contribution in [2.75, 3.05) is 52.5 Å². The highest BCUT2D eigenvalue weighted by molar-refractivity contribution is 7.89. The number of nitrogens with zero attached hydrogens (tertiary/aromatic N) is 3. The molecule has 0 N–H and O–H groups in total. The first-order chi connectivity index (χ1) is 14.1. The summed E-state index contributed by atoms with van der Waals surface area (Å²) in [6, 6.07) is 11.8. The van der Waals surface area contributed by atoms with Crippen molar-refractivity contribution in [2.45, 2.75) is 11.4 Å². The van der Waals surface area contributed by atoms with Gasteiger partial charge >= 0.3 is 0 Å².